The van der Waals surface area contributed by atoms with Crippen molar-refractivity contribution >= 4 is 11.8 Å². The maximum absolute atomic E-state index is 11.9. The molecule has 0 radical (unpaired) electrons. The number of ketones is 1. The van der Waals surface area contributed by atoms with Crippen molar-refractivity contribution in [1.82, 2.24) is 0 Å². The molecule has 0 amide bonds. The minimum atomic E-state index is -0.953. The van der Waals surface area contributed by atoms with Crippen molar-refractivity contribution in [1.29, 1.82) is 0 Å². The summed E-state index contributed by atoms with van der Waals surface area (Å²) in [6.45, 7) is 6.45. The van der Waals surface area contributed by atoms with Gasteiger partial charge < -0.3 is 9.84 Å². The average Bonchev–Trinajstić information content (AvgIpc) is 2.37. The Morgan fingerprint density at radius 2 is 1.84 bits per heavy atom. The molecule has 0 saturated heterocycles. The summed E-state index contributed by atoms with van der Waals surface area (Å²) in [4.78, 5) is 22.4. The first kappa shape index (κ1) is 15.2. The predicted octanol–water partition coefficient (Wildman–Crippen LogP) is 3.14. The van der Waals surface area contributed by atoms with E-state index >= 15 is 0 Å². The van der Waals surface area contributed by atoms with Crippen LogP contribution in [-0.2, 0) is 4.79 Å². The fourth-order valence-electron chi connectivity index (χ4n) is 1.82. The zero-order valence-corrected chi connectivity index (χ0v) is 11.7. The van der Waals surface area contributed by atoms with Crippen molar-refractivity contribution in [3.8, 4) is 5.75 Å². The van der Waals surface area contributed by atoms with Crippen molar-refractivity contribution in [3.63, 3.8) is 0 Å². The molecule has 1 aromatic carbocycles. The molecule has 0 bridgehead atoms. The standard InChI is InChI=1S/C15H20O4/c1-4-9-19-14-7-5-12(10(2)11(14)3)13(16)6-8-15(17)18/h5,7H,4,6,8-9H2,1-3H3,(H,17,18). The van der Waals surface area contributed by atoms with Crippen LogP contribution in [0.1, 0.15) is 47.7 Å². The zero-order valence-electron chi connectivity index (χ0n) is 11.7. The molecule has 0 heterocycles. The third kappa shape index (κ3) is 4.09. The first-order chi connectivity index (χ1) is 8.97. The Hall–Kier alpha value is -1.84. The van der Waals surface area contributed by atoms with Crippen LogP contribution in [0, 0.1) is 13.8 Å². The maximum atomic E-state index is 11.9. The lowest BCUT2D eigenvalue weighted by Crippen LogP contribution is -2.07. The minimum Gasteiger partial charge on any atom is -0.493 e. The molecule has 0 fully saturated rings. The number of rotatable bonds is 7. The Labute approximate surface area is 113 Å². The molecule has 1 aromatic rings. The topological polar surface area (TPSA) is 63.6 Å². The van der Waals surface area contributed by atoms with E-state index in [0.29, 0.717) is 12.2 Å². The summed E-state index contributed by atoms with van der Waals surface area (Å²) in [6, 6.07) is 3.50. The van der Waals surface area contributed by atoms with Crippen molar-refractivity contribution in [2.45, 2.75) is 40.0 Å². The molecule has 19 heavy (non-hydrogen) atoms. The highest BCUT2D eigenvalue weighted by Crippen LogP contribution is 2.25. The van der Waals surface area contributed by atoms with E-state index in [2.05, 4.69) is 0 Å². The van der Waals surface area contributed by atoms with Crippen LogP contribution in [0.15, 0.2) is 12.1 Å². The second-order valence-corrected chi connectivity index (χ2v) is 4.53. The predicted molar refractivity (Wildman–Crippen MR) is 72.9 cm³/mol. The Morgan fingerprint density at radius 3 is 2.42 bits per heavy atom. The number of carboxylic acid groups (broad SMARTS) is 1. The summed E-state index contributed by atoms with van der Waals surface area (Å²) in [6.07, 6.45) is 0.827. The molecule has 0 spiro atoms. The van der Waals surface area contributed by atoms with Gasteiger partial charge in [0.05, 0.1) is 13.0 Å². The number of benzene rings is 1. The molecule has 4 nitrogen and oxygen atoms in total. The number of aliphatic carboxylic acids is 1. The quantitative estimate of drug-likeness (QED) is 0.768. The SMILES string of the molecule is CCCOc1ccc(C(=O)CCC(=O)O)c(C)c1C. The van der Waals surface area contributed by atoms with Gasteiger partial charge in [-0.15, -0.1) is 0 Å². The van der Waals surface area contributed by atoms with Gasteiger partial charge in [-0.05, 0) is 43.5 Å². The van der Waals surface area contributed by atoms with E-state index in [1.807, 2.05) is 20.8 Å². The molecule has 4 heteroatoms. The van der Waals surface area contributed by atoms with Gasteiger partial charge in [-0.1, -0.05) is 6.92 Å². The van der Waals surface area contributed by atoms with Gasteiger partial charge in [-0.25, -0.2) is 0 Å². The average molecular weight is 264 g/mol. The van der Waals surface area contributed by atoms with Crippen LogP contribution in [0.5, 0.6) is 5.75 Å². The van der Waals surface area contributed by atoms with Gasteiger partial charge in [0.25, 0.3) is 0 Å². The van der Waals surface area contributed by atoms with Crippen LogP contribution >= 0.6 is 0 Å². The number of ether oxygens (including phenoxy) is 1. The molecular formula is C15H20O4. The molecular weight excluding hydrogens is 244 g/mol. The zero-order chi connectivity index (χ0) is 14.4. The second kappa shape index (κ2) is 6.92. The summed E-state index contributed by atoms with van der Waals surface area (Å²) in [7, 11) is 0. The maximum Gasteiger partial charge on any atom is 0.303 e. The lowest BCUT2D eigenvalue weighted by molar-refractivity contribution is -0.136. The second-order valence-electron chi connectivity index (χ2n) is 4.53. The number of Topliss-reactive ketones (excluding diaryl/α,β-unsaturated/α-hetero) is 1. The Balaban J connectivity index is 2.89. The van der Waals surface area contributed by atoms with Gasteiger partial charge in [-0.2, -0.15) is 0 Å². The third-order valence-corrected chi connectivity index (χ3v) is 3.07. The molecule has 0 saturated carbocycles. The smallest absolute Gasteiger partial charge is 0.303 e. The molecule has 0 atom stereocenters. The number of hydrogen-bond acceptors (Lipinski definition) is 3. The monoisotopic (exact) mass is 264 g/mol. The number of carbonyl (C=O) groups is 2. The van der Waals surface area contributed by atoms with Gasteiger partial charge in [0.15, 0.2) is 5.78 Å². The number of hydrogen-bond donors (Lipinski definition) is 1. The van der Waals surface area contributed by atoms with Crippen molar-refractivity contribution in [3.05, 3.63) is 28.8 Å². The molecule has 0 unspecified atom stereocenters. The molecule has 0 aromatic heterocycles. The van der Waals surface area contributed by atoms with Crippen molar-refractivity contribution < 1.29 is 19.4 Å². The van der Waals surface area contributed by atoms with Crippen LogP contribution in [-0.4, -0.2) is 23.5 Å². The minimum absolute atomic E-state index is 0.0325. The fourth-order valence-corrected chi connectivity index (χ4v) is 1.82. The Bertz CT molecular complexity index is 477. The van der Waals surface area contributed by atoms with Crippen LogP contribution in [0.3, 0.4) is 0 Å². The largest absolute Gasteiger partial charge is 0.493 e. The highest BCUT2D eigenvalue weighted by atomic mass is 16.5. The van der Waals surface area contributed by atoms with Crippen molar-refractivity contribution in [2.75, 3.05) is 6.61 Å². The molecule has 1 N–H and O–H groups in total. The molecule has 1 rings (SSSR count). The van der Waals surface area contributed by atoms with Gasteiger partial charge in [0, 0.05) is 12.0 Å². The van der Waals surface area contributed by atoms with Gasteiger partial charge in [-0.3, -0.25) is 9.59 Å². The number of carbonyl (C=O) groups excluding carboxylic acids is 1. The van der Waals surface area contributed by atoms with E-state index in [9.17, 15) is 9.59 Å². The van der Waals surface area contributed by atoms with E-state index in [1.54, 1.807) is 12.1 Å². The first-order valence-corrected chi connectivity index (χ1v) is 6.45. The van der Waals surface area contributed by atoms with Crippen LogP contribution in [0.4, 0.5) is 0 Å². The molecule has 0 aliphatic carbocycles. The van der Waals surface area contributed by atoms with Crippen LogP contribution in [0.25, 0.3) is 0 Å². The highest BCUT2D eigenvalue weighted by molar-refractivity contribution is 5.99. The summed E-state index contributed by atoms with van der Waals surface area (Å²) in [5.41, 5.74) is 2.39. The summed E-state index contributed by atoms with van der Waals surface area (Å²) in [5, 5.41) is 8.60. The molecule has 104 valence electrons. The Kier molecular flexibility index (Phi) is 5.55. The van der Waals surface area contributed by atoms with Gasteiger partial charge in [0.2, 0.25) is 0 Å². The summed E-state index contributed by atoms with van der Waals surface area (Å²) in [5.74, 6) is -0.301. The first-order valence-electron chi connectivity index (χ1n) is 6.45. The van der Waals surface area contributed by atoms with E-state index in [-0.39, 0.29) is 18.6 Å². The lowest BCUT2D eigenvalue weighted by atomic mass is 9.97. The van der Waals surface area contributed by atoms with E-state index < -0.39 is 5.97 Å². The molecule has 0 aliphatic heterocycles. The fraction of sp³-hybridized carbons (Fsp3) is 0.467. The summed E-state index contributed by atoms with van der Waals surface area (Å²) < 4.78 is 5.59. The van der Waals surface area contributed by atoms with Gasteiger partial charge >= 0.3 is 5.97 Å². The van der Waals surface area contributed by atoms with Gasteiger partial charge in [0.1, 0.15) is 5.75 Å². The van der Waals surface area contributed by atoms with E-state index in [4.69, 9.17) is 9.84 Å². The highest BCUT2D eigenvalue weighted by Gasteiger charge is 2.14. The van der Waals surface area contributed by atoms with Crippen LogP contribution in [0.2, 0.25) is 0 Å². The Morgan fingerprint density at radius 1 is 1.16 bits per heavy atom. The summed E-state index contributed by atoms with van der Waals surface area (Å²) >= 11 is 0. The van der Waals surface area contributed by atoms with E-state index in [0.717, 1.165) is 23.3 Å². The normalized spacial score (nSPS) is 10.3. The van der Waals surface area contributed by atoms with E-state index in [1.165, 1.54) is 0 Å². The van der Waals surface area contributed by atoms with Crippen LogP contribution < -0.4 is 4.74 Å². The lowest BCUT2D eigenvalue weighted by Gasteiger charge is -2.13. The van der Waals surface area contributed by atoms with Crippen molar-refractivity contribution in [2.24, 2.45) is 0 Å². The number of carboxylic acids is 1. The third-order valence-electron chi connectivity index (χ3n) is 3.07. The molecule has 0 aliphatic rings.